The molecular formula is C16H27N3O2. The summed E-state index contributed by atoms with van der Waals surface area (Å²) in [6.45, 7) is 4.88. The van der Waals surface area contributed by atoms with Crippen molar-refractivity contribution in [3.05, 3.63) is 24.3 Å². The average Bonchev–Trinajstić information content (AvgIpc) is 2.54. The molecule has 1 aliphatic heterocycles. The van der Waals surface area contributed by atoms with Crippen LogP contribution in [0.3, 0.4) is 0 Å². The predicted octanol–water partition coefficient (Wildman–Crippen LogP) is 1.69. The van der Waals surface area contributed by atoms with E-state index in [2.05, 4.69) is 34.5 Å². The second-order valence-electron chi connectivity index (χ2n) is 5.34. The van der Waals surface area contributed by atoms with Crippen LogP contribution >= 0.6 is 0 Å². The summed E-state index contributed by atoms with van der Waals surface area (Å²) >= 11 is 0. The SMILES string of the molecule is COCC(CCCN)Nc1ccccc1N1CCOCC1. The molecule has 0 aromatic heterocycles. The molecule has 1 aromatic rings. The highest BCUT2D eigenvalue weighted by Gasteiger charge is 2.16. The predicted molar refractivity (Wildman–Crippen MR) is 87.0 cm³/mol. The molecule has 0 amide bonds. The van der Waals surface area contributed by atoms with E-state index in [9.17, 15) is 0 Å². The van der Waals surface area contributed by atoms with Crippen LogP contribution in [0.25, 0.3) is 0 Å². The van der Waals surface area contributed by atoms with E-state index < -0.39 is 0 Å². The van der Waals surface area contributed by atoms with Crippen molar-refractivity contribution in [2.24, 2.45) is 5.73 Å². The number of rotatable bonds is 8. The van der Waals surface area contributed by atoms with Gasteiger partial charge in [0.15, 0.2) is 0 Å². The molecule has 118 valence electrons. The van der Waals surface area contributed by atoms with E-state index in [1.165, 1.54) is 11.4 Å². The largest absolute Gasteiger partial charge is 0.383 e. The van der Waals surface area contributed by atoms with Crippen LogP contribution in [0.5, 0.6) is 0 Å². The van der Waals surface area contributed by atoms with Gasteiger partial charge < -0.3 is 25.4 Å². The molecular weight excluding hydrogens is 266 g/mol. The number of nitrogens with zero attached hydrogens (tertiary/aromatic N) is 1. The number of hydrogen-bond acceptors (Lipinski definition) is 5. The van der Waals surface area contributed by atoms with Crippen molar-refractivity contribution >= 4 is 11.4 Å². The van der Waals surface area contributed by atoms with Crippen LogP contribution in [-0.2, 0) is 9.47 Å². The summed E-state index contributed by atoms with van der Waals surface area (Å²) in [7, 11) is 1.74. The van der Waals surface area contributed by atoms with Crippen LogP contribution in [-0.4, -0.2) is 52.6 Å². The Labute approximate surface area is 127 Å². The lowest BCUT2D eigenvalue weighted by Crippen LogP contribution is -2.37. The summed E-state index contributed by atoms with van der Waals surface area (Å²) in [6, 6.07) is 8.75. The molecule has 3 N–H and O–H groups in total. The van der Waals surface area contributed by atoms with Crippen LogP contribution in [0.1, 0.15) is 12.8 Å². The molecule has 5 heteroatoms. The van der Waals surface area contributed by atoms with Gasteiger partial charge in [-0.15, -0.1) is 0 Å². The normalized spacial score (nSPS) is 16.8. The van der Waals surface area contributed by atoms with Crippen LogP contribution in [0.15, 0.2) is 24.3 Å². The summed E-state index contributed by atoms with van der Waals surface area (Å²) in [5.74, 6) is 0. The van der Waals surface area contributed by atoms with Gasteiger partial charge in [0, 0.05) is 26.2 Å². The van der Waals surface area contributed by atoms with Gasteiger partial charge in [0.05, 0.1) is 31.2 Å². The smallest absolute Gasteiger partial charge is 0.0664 e. The zero-order chi connectivity index (χ0) is 14.9. The van der Waals surface area contributed by atoms with E-state index in [0.717, 1.165) is 39.1 Å². The molecule has 1 aromatic carbocycles. The molecule has 0 radical (unpaired) electrons. The highest BCUT2D eigenvalue weighted by Crippen LogP contribution is 2.27. The fourth-order valence-electron chi connectivity index (χ4n) is 2.66. The maximum absolute atomic E-state index is 5.62. The van der Waals surface area contributed by atoms with Gasteiger partial charge in [-0.2, -0.15) is 0 Å². The van der Waals surface area contributed by atoms with Crippen molar-refractivity contribution in [1.82, 2.24) is 0 Å². The van der Waals surface area contributed by atoms with E-state index in [-0.39, 0.29) is 0 Å². The van der Waals surface area contributed by atoms with Crippen LogP contribution < -0.4 is 16.0 Å². The van der Waals surface area contributed by atoms with E-state index in [4.69, 9.17) is 15.2 Å². The second kappa shape index (κ2) is 8.87. The minimum atomic E-state index is 0.292. The Bertz CT molecular complexity index is 408. The van der Waals surface area contributed by atoms with Gasteiger partial charge in [0.25, 0.3) is 0 Å². The van der Waals surface area contributed by atoms with Gasteiger partial charge in [0.1, 0.15) is 0 Å². The molecule has 5 nitrogen and oxygen atoms in total. The Balaban J connectivity index is 2.06. The fraction of sp³-hybridized carbons (Fsp3) is 0.625. The van der Waals surface area contributed by atoms with Crippen molar-refractivity contribution in [3.8, 4) is 0 Å². The van der Waals surface area contributed by atoms with E-state index >= 15 is 0 Å². The van der Waals surface area contributed by atoms with Crippen LogP contribution in [0.4, 0.5) is 11.4 Å². The summed E-state index contributed by atoms with van der Waals surface area (Å²) in [6.07, 6.45) is 2.02. The Kier molecular flexibility index (Phi) is 6.79. The number of nitrogens with one attached hydrogen (secondary N) is 1. The number of anilines is 2. The first-order valence-electron chi connectivity index (χ1n) is 7.72. The Hall–Kier alpha value is -1.30. The third kappa shape index (κ3) is 4.88. The topological polar surface area (TPSA) is 59.8 Å². The van der Waals surface area contributed by atoms with Gasteiger partial charge in [-0.3, -0.25) is 0 Å². The highest BCUT2D eigenvalue weighted by molar-refractivity contribution is 5.70. The first-order chi connectivity index (χ1) is 10.3. The number of ether oxygens (including phenoxy) is 2. The van der Waals surface area contributed by atoms with Gasteiger partial charge in [-0.1, -0.05) is 12.1 Å². The van der Waals surface area contributed by atoms with Crippen LogP contribution in [0.2, 0.25) is 0 Å². The maximum atomic E-state index is 5.62. The molecule has 1 unspecified atom stereocenters. The van der Waals surface area contributed by atoms with Crippen molar-refractivity contribution in [3.63, 3.8) is 0 Å². The van der Waals surface area contributed by atoms with Gasteiger partial charge >= 0.3 is 0 Å². The number of benzene rings is 1. The maximum Gasteiger partial charge on any atom is 0.0664 e. The first-order valence-corrected chi connectivity index (χ1v) is 7.72. The first kappa shape index (κ1) is 16.1. The molecule has 1 fully saturated rings. The Morgan fingerprint density at radius 3 is 2.81 bits per heavy atom. The van der Waals surface area contributed by atoms with Gasteiger partial charge in [0.2, 0.25) is 0 Å². The Morgan fingerprint density at radius 2 is 2.10 bits per heavy atom. The van der Waals surface area contributed by atoms with Crippen LogP contribution in [0, 0.1) is 0 Å². The van der Waals surface area contributed by atoms with Gasteiger partial charge in [-0.25, -0.2) is 0 Å². The number of morpholine rings is 1. The molecule has 0 bridgehead atoms. The molecule has 0 aliphatic carbocycles. The minimum Gasteiger partial charge on any atom is -0.383 e. The molecule has 1 saturated heterocycles. The number of para-hydroxylation sites is 2. The molecule has 21 heavy (non-hydrogen) atoms. The summed E-state index contributed by atoms with van der Waals surface area (Å²) in [5.41, 5.74) is 8.03. The molecule has 1 atom stereocenters. The lowest BCUT2D eigenvalue weighted by Gasteiger charge is -2.31. The van der Waals surface area contributed by atoms with Gasteiger partial charge in [-0.05, 0) is 31.5 Å². The molecule has 2 rings (SSSR count). The highest BCUT2D eigenvalue weighted by atomic mass is 16.5. The zero-order valence-electron chi connectivity index (χ0n) is 12.9. The lowest BCUT2D eigenvalue weighted by atomic mass is 10.1. The number of methoxy groups -OCH3 is 1. The van der Waals surface area contributed by atoms with E-state index in [1.807, 2.05) is 0 Å². The molecule has 0 saturated carbocycles. The number of nitrogens with two attached hydrogens (primary N) is 1. The van der Waals surface area contributed by atoms with Crippen molar-refractivity contribution in [1.29, 1.82) is 0 Å². The third-order valence-corrected chi connectivity index (χ3v) is 3.74. The molecule has 0 spiro atoms. The molecule has 1 heterocycles. The minimum absolute atomic E-state index is 0.292. The van der Waals surface area contributed by atoms with Crippen molar-refractivity contribution < 1.29 is 9.47 Å². The average molecular weight is 293 g/mol. The zero-order valence-corrected chi connectivity index (χ0v) is 12.9. The summed E-state index contributed by atoms with van der Waals surface area (Å²) < 4.78 is 10.8. The monoisotopic (exact) mass is 293 g/mol. The lowest BCUT2D eigenvalue weighted by molar-refractivity contribution is 0.122. The summed E-state index contributed by atoms with van der Waals surface area (Å²) in [4.78, 5) is 2.37. The quantitative estimate of drug-likeness (QED) is 0.764. The van der Waals surface area contributed by atoms with E-state index in [0.29, 0.717) is 19.2 Å². The Morgan fingerprint density at radius 1 is 1.33 bits per heavy atom. The standard InChI is InChI=1S/C16H27N3O2/c1-20-13-14(5-4-8-17)18-15-6-2-3-7-16(15)19-9-11-21-12-10-19/h2-3,6-7,14,18H,4-5,8-13,17H2,1H3. The van der Waals surface area contributed by atoms with Crippen molar-refractivity contribution in [2.75, 3.05) is 56.8 Å². The number of hydrogen-bond donors (Lipinski definition) is 2. The van der Waals surface area contributed by atoms with E-state index in [1.54, 1.807) is 7.11 Å². The molecule has 1 aliphatic rings. The fourth-order valence-corrected chi connectivity index (χ4v) is 2.66. The van der Waals surface area contributed by atoms with Crippen molar-refractivity contribution in [2.45, 2.75) is 18.9 Å². The summed E-state index contributed by atoms with van der Waals surface area (Å²) in [5, 5.41) is 3.62. The third-order valence-electron chi connectivity index (χ3n) is 3.74. The second-order valence-corrected chi connectivity index (χ2v) is 5.34.